The van der Waals surface area contributed by atoms with Crippen molar-refractivity contribution in [3.8, 4) is 17.4 Å². The molecule has 0 N–H and O–H groups in total. The lowest BCUT2D eigenvalue weighted by atomic mass is 9.88. The monoisotopic (exact) mass is 550 g/mol. The highest BCUT2D eigenvalue weighted by Crippen LogP contribution is 2.35. The van der Waals surface area contributed by atoms with Crippen molar-refractivity contribution in [3.05, 3.63) is 90.3 Å². The molecule has 7 nitrogen and oxygen atoms in total. The maximum atomic E-state index is 13.4. The summed E-state index contributed by atoms with van der Waals surface area (Å²) in [7, 11) is 0. The lowest BCUT2D eigenvalue weighted by Crippen LogP contribution is -2.47. The van der Waals surface area contributed by atoms with Crippen molar-refractivity contribution in [2.75, 3.05) is 26.2 Å². The van der Waals surface area contributed by atoms with Crippen LogP contribution in [0.15, 0.2) is 79.0 Å². The van der Waals surface area contributed by atoms with Crippen LogP contribution in [0, 0.1) is 5.41 Å². The van der Waals surface area contributed by atoms with Crippen molar-refractivity contribution in [1.29, 1.82) is 0 Å². The highest BCUT2D eigenvalue weighted by molar-refractivity contribution is 5.95. The molecule has 2 aromatic carbocycles. The Hall–Kier alpha value is -3.97. The van der Waals surface area contributed by atoms with Crippen molar-refractivity contribution < 1.29 is 14.3 Å². The number of ether oxygens (including phenoxy) is 2. The number of fused-ring (bicyclic) bond motifs is 3. The van der Waals surface area contributed by atoms with E-state index in [1.807, 2.05) is 71.6 Å². The SMILES string of the molecule is CC1(C)CCCN(C2CCN(C(=O)c3ccc4ccccc4n3)CC2)Cc2cccnc2Oc2ccccc2OC1. The summed E-state index contributed by atoms with van der Waals surface area (Å²) < 4.78 is 12.6. The third-order valence-corrected chi connectivity index (χ3v) is 8.28. The van der Waals surface area contributed by atoms with Gasteiger partial charge in [-0.15, -0.1) is 0 Å². The summed E-state index contributed by atoms with van der Waals surface area (Å²) in [5, 5.41) is 1.05. The van der Waals surface area contributed by atoms with Crippen LogP contribution in [0.2, 0.25) is 0 Å². The van der Waals surface area contributed by atoms with Crippen LogP contribution >= 0.6 is 0 Å². The van der Waals surface area contributed by atoms with E-state index in [4.69, 9.17) is 9.47 Å². The molecule has 7 heteroatoms. The van der Waals surface area contributed by atoms with E-state index >= 15 is 0 Å². The van der Waals surface area contributed by atoms with E-state index < -0.39 is 0 Å². The summed E-state index contributed by atoms with van der Waals surface area (Å²) in [5.41, 5.74) is 2.46. The number of amides is 1. The van der Waals surface area contributed by atoms with Gasteiger partial charge >= 0.3 is 0 Å². The zero-order chi connectivity index (χ0) is 28.2. The quantitative estimate of drug-likeness (QED) is 0.276. The number of hydrogen-bond acceptors (Lipinski definition) is 6. The second-order valence-electron chi connectivity index (χ2n) is 12.0. The third kappa shape index (κ3) is 6.35. The molecular formula is C34H38N4O3. The maximum absolute atomic E-state index is 13.4. The number of piperidine rings is 1. The molecule has 0 atom stereocenters. The highest BCUT2D eigenvalue weighted by atomic mass is 16.5. The third-order valence-electron chi connectivity index (χ3n) is 8.28. The molecule has 2 aromatic heterocycles. The molecule has 0 saturated carbocycles. The summed E-state index contributed by atoms with van der Waals surface area (Å²) in [4.78, 5) is 27.1. The topological polar surface area (TPSA) is 67.8 Å². The van der Waals surface area contributed by atoms with Gasteiger partial charge in [0.05, 0.1) is 12.1 Å². The van der Waals surface area contributed by atoms with Gasteiger partial charge in [0.15, 0.2) is 11.5 Å². The van der Waals surface area contributed by atoms with Crippen LogP contribution in [0.1, 0.15) is 55.6 Å². The Labute approximate surface area is 242 Å². The number of rotatable bonds is 2. The number of likely N-dealkylation sites (tertiary alicyclic amines) is 1. The fourth-order valence-corrected chi connectivity index (χ4v) is 5.89. The van der Waals surface area contributed by atoms with Gasteiger partial charge in [-0.3, -0.25) is 9.69 Å². The van der Waals surface area contributed by atoms with E-state index in [0.29, 0.717) is 30.0 Å². The van der Waals surface area contributed by atoms with E-state index in [1.165, 1.54) is 0 Å². The molecule has 4 aromatic rings. The van der Waals surface area contributed by atoms with Crippen molar-refractivity contribution in [2.24, 2.45) is 5.41 Å². The van der Waals surface area contributed by atoms with E-state index in [9.17, 15) is 4.79 Å². The normalized spacial score (nSPS) is 18.5. The van der Waals surface area contributed by atoms with Crippen molar-refractivity contribution >= 4 is 16.8 Å². The molecule has 0 radical (unpaired) electrons. The van der Waals surface area contributed by atoms with E-state index in [0.717, 1.165) is 74.1 Å². The molecule has 0 bridgehead atoms. The summed E-state index contributed by atoms with van der Waals surface area (Å²) in [6.07, 6.45) is 5.74. The largest absolute Gasteiger partial charge is 0.489 e. The van der Waals surface area contributed by atoms with Crippen LogP contribution in [0.25, 0.3) is 10.9 Å². The average Bonchev–Trinajstić information content (AvgIpc) is 3.01. The molecule has 41 heavy (non-hydrogen) atoms. The van der Waals surface area contributed by atoms with Gasteiger partial charge in [0.1, 0.15) is 5.69 Å². The van der Waals surface area contributed by atoms with Gasteiger partial charge in [-0.1, -0.05) is 56.3 Å². The van der Waals surface area contributed by atoms with E-state index in [-0.39, 0.29) is 11.3 Å². The molecule has 0 spiro atoms. The van der Waals surface area contributed by atoms with Crippen LogP contribution in [0.3, 0.4) is 0 Å². The number of para-hydroxylation sites is 3. The Morgan fingerprint density at radius 3 is 2.54 bits per heavy atom. The minimum atomic E-state index is 0.0162. The highest BCUT2D eigenvalue weighted by Gasteiger charge is 2.30. The fraction of sp³-hybridized carbons (Fsp3) is 0.382. The standard InChI is InChI=1S/C34H38N4O3/c1-34(2)18-8-20-38(23-26-10-7-19-35-32(26)41-31-13-6-5-12-30(31)40-24-34)27-16-21-37(22-17-27)33(39)29-15-14-25-9-3-4-11-28(25)36-29/h3-7,9-15,19,27H,8,16-18,20-24H2,1-2H3. The van der Waals surface area contributed by atoms with Gasteiger partial charge in [-0.2, -0.15) is 0 Å². The fourth-order valence-electron chi connectivity index (χ4n) is 5.89. The summed E-state index contributed by atoms with van der Waals surface area (Å²) in [6.45, 7) is 8.30. The maximum Gasteiger partial charge on any atom is 0.272 e. The summed E-state index contributed by atoms with van der Waals surface area (Å²) >= 11 is 0. The Bertz CT molecular complexity index is 1510. The number of carbonyl (C=O) groups is 1. The number of carbonyl (C=O) groups excluding carboxylic acids is 1. The van der Waals surface area contributed by atoms with Crippen LogP contribution in [0.5, 0.6) is 17.4 Å². The minimum absolute atomic E-state index is 0.0162. The first-order valence-electron chi connectivity index (χ1n) is 14.7. The molecule has 0 unspecified atom stereocenters. The Balaban J connectivity index is 1.19. The van der Waals surface area contributed by atoms with Crippen LogP contribution in [-0.4, -0.2) is 58.0 Å². The van der Waals surface area contributed by atoms with Crippen LogP contribution < -0.4 is 9.47 Å². The second-order valence-corrected chi connectivity index (χ2v) is 12.0. The van der Waals surface area contributed by atoms with Gasteiger partial charge in [-0.25, -0.2) is 9.97 Å². The molecular weight excluding hydrogens is 512 g/mol. The number of hydrogen-bond donors (Lipinski definition) is 0. The lowest BCUT2D eigenvalue weighted by molar-refractivity contribution is 0.0590. The first-order chi connectivity index (χ1) is 19.9. The second kappa shape index (κ2) is 11.9. The minimum Gasteiger partial charge on any atom is -0.489 e. The van der Waals surface area contributed by atoms with Crippen molar-refractivity contribution in [2.45, 2.75) is 52.1 Å². The number of aromatic nitrogens is 2. The Morgan fingerprint density at radius 2 is 1.68 bits per heavy atom. The Morgan fingerprint density at radius 1 is 0.902 bits per heavy atom. The number of pyridine rings is 2. The number of nitrogens with zero attached hydrogens (tertiary/aromatic N) is 4. The van der Waals surface area contributed by atoms with Gasteiger partial charge in [-0.05, 0) is 68.0 Å². The van der Waals surface area contributed by atoms with Gasteiger partial charge in [0, 0.05) is 42.8 Å². The molecule has 212 valence electrons. The van der Waals surface area contributed by atoms with E-state index in [2.05, 4.69) is 34.8 Å². The average molecular weight is 551 g/mol. The first kappa shape index (κ1) is 27.2. The molecule has 1 amide bonds. The van der Waals surface area contributed by atoms with Gasteiger partial charge in [0.25, 0.3) is 5.91 Å². The molecule has 2 aliphatic rings. The molecule has 0 aliphatic carbocycles. The molecule has 4 heterocycles. The van der Waals surface area contributed by atoms with Gasteiger partial charge in [0.2, 0.25) is 5.88 Å². The first-order valence-corrected chi connectivity index (χ1v) is 14.7. The predicted molar refractivity (Wildman–Crippen MR) is 160 cm³/mol. The Kier molecular flexibility index (Phi) is 7.88. The lowest BCUT2D eigenvalue weighted by Gasteiger charge is -2.39. The zero-order valence-electron chi connectivity index (χ0n) is 24.0. The van der Waals surface area contributed by atoms with E-state index in [1.54, 1.807) is 6.20 Å². The van der Waals surface area contributed by atoms with Gasteiger partial charge < -0.3 is 14.4 Å². The smallest absolute Gasteiger partial charge is 0.272 e. The zero-order valence-corrected chi connectivity index (χ0v) is 24.0. The molecule has 2 aliphatic heterocycles. The van der Waals surface area contributed by atoms with Crippen molar-refractivity contribution in [1.82, 2.24) is 19.8 Å². The molecule has 1 saturated heterocycles. The van der Waals surface area contributed by atoms with Crippen molar-refractivity contribution in [3.63, 3.8) is 0 Å². The molecule has 1 fully saturated rings. The van der Waals surface area contributed by atoms with Crippen LogP contribution in [-0.2, 0) is 6.54 Å². The van der Waals surface area contributed by atoms with Crippen LogP contribution in [0.4, 0.5) is 0 Å². The predicted octanol–water partition coefficient (Wildman–Crippen LogP) is 6.73. The molecule has 6 rings (SSSR count). The number of benzene rings is 2. The summed E-state index contributed by atoms with van der Waals surface area (Å²) in [5.74, 6) is 2.05. The summed E-state index contributed by atoms with van der Waals surface area (Å²) in [6, 6.07) is 24.0.